The highest BCUT2D eigenvalue weighted by atomic mass is 32.2. The summed E-state index contributed by atoms with van der Waals surface area (Å²) in [5.41, 5.74) is 0.0205. The van der Waals surface area contributed by atoms with Crippen LogP contribution in [0.1, 0.15) is 25.7 Å². The molecular formula is C10H16O4S. The molecule has 1 rings (SSSR count). The van der Waals surface area contributed by atoms with E-state index in [2.05, 4.69) is 4.74 Å². The molecule has 0 aromatic carbocycles. The second-order valence-corrected chi connectivity index (χ2v) is 5.05. The molecule has 0 amide bonds. The van der Waals surface area contributed by atoms with E-state index in [0.29, 0.717) is 12.2 Å². The monoisotopic (exact) mass is 232 g/mol. The van der Waals surface area contributed by atoms with Crippen LogP contribution in [0.5, 0.6) is 0 Å². The first-order valence-corrected chi connectivity index (χ1v) is 6.10. The minimum absolute atomic E-state index is 0.0205. The van der Waals surface area contributed by atoms with Gasteiger partial charge < -0.3 is 9.84 Å². The Balaban J connectivity index is 2.09. The van der Waals surface area contributed by atoms with E-state index in [0.717, 1.165) is 18.6 Å². The second kappa shape index (κ2) is 5.39. The van der Waals surface area contributed by atoms with Crippen molar-refractivity contribution < 1.29 is 19.4 Å². The number of hydrogen-bond donors (Lipinski definition) is 1. The minimum atomic E-state index is -0.721. The maximum atomic E-state index is 10.8. The molecule has 0 saturated heterocycles. The van der Waals surface area contributed by atoms with Crippen molar-refractivity contribution in [2.24, 2.45) is 5.41 Å². The van der Waals surface area contributed by atoms with Gasteiger partial charge in [0.1, 0.15) is 0 Å². The van der Waals surface area contributed by atoms with E-state index in [1.807, 2.05) is 0 Å². The van der Waals surface area contributed by atoms with Gasteiger partial charge in [0.25, 0.3) is 0 Å². The summed E-state index contributed by atoms with van der Waals surface area (Å²) in [6.45, 7) is 0. The fraction of sp³-hybridized carbons (Fsp3) is 0.800. The molecule has 86 valence electrons. The molecule has 1 saturated carbocycles. The molecule has 0 unspecified atom stereocenters. The summed E-state index contributed by atoms with van der Waals surface area (Å²) in [5.74, 6) is 0.635. The number of carbonyl (C=O) groups is 2. The molecule has 0 bridgehead atoms. The van der Waals surface area contributed by atoms with Crippen molar-refractivity contribution in [3.05, 3.63) is 0 Å². The summed E-state index contributed by atoms with van der Waals surface area (Å²) in [6, 6.07) is 0. The highest BCUT2D eigenvalue weighted by molar-refractivity contribution is 7.99. The highest BCUT2D eigenvalue weighted by Crippen LogP contribution is 2.51. The molecule has 1 aliphatic rings. The van der Waals surface area contributed by atoms with Crippen LogP contribution in [0, 0.1) is 5.41 Å². The summed E-state index contributed by atoms with van der Waals surface area (Å²) in [6.07, 6.45) is 2.68. The Morgan fingerprint density at radius 2 is 2.13 bits per heavy atom. The Kier molecular flexibility index (Phi) is 4.45. The van der Waals surface area contributed by atoms with Crippen molar-refractivity contribution in [1.82, 2.24) is 0 Å². The lowest BCUT2D eigenvalue weighted by molar-refractivity contribution is -0.140. The number of hydrogen-bond acceptors (Lipinski definition) is 4. The predicted octanol–water partition coefficient (Wildman–Crippen LogP) is 1.54. The Bertz CT molecular complexity index is 248. The average Bonchev–Trinajstić information content (AvgIpc) is 2.91. The quantitative estimate of drug-likeness (QED) is 0.533. The molecule has 0 aromatic heterocycles. The van der Waals surface area contributed by atoms with E-state index in [-0.39, 0.29) is 17.8 Å². The van der Waals surface area contributed by atoms with Crippen molar-refractivity contribution in [2.45, 2.75) is 25.7 Å². The number of thioether (sulfide) groups is 1. The second-order valence-electron chi connectivity index (χ2n) is 3.95. The topological polar surface area (TPSA) is 63.6 Å². The van der Waals surface area contributed by atoms with Crippen LogP contribution in [0.3, 0.4) is 0 Å². The maximum absolute atomic E-state index is 10.8. The number of carboxylic acid groups (broad SMARTS) is 1. The molecule has 0 aliphatic heterocycles. The summed E-state index contributed by atoms with van der Waals surface area (Å²) < 4.78 is 4.52. The van der Waals surface area contributed by atoms with Crippen LogP contribution < -0.4 is 0 Å². The largest absolute Gasteiger partial charge is 0.481 e. The van der Waals surface area contributed by atoms with E-state index in [9.17, 15) is 9.59 Å². The van der Waals surface area contributed by atoms with Gasteiger partial charge >= 0.3 is 11.9 Å². The number of methoxy groups -OCH3 is 1. The van der Waals surface area contributed by atoms with Crippen LogP contribution in [0.4, 0.5) is 0 Å². The summed E-state index contributed by atoms with van der Waals surface area (Å²) in [5, 5.41) is 8.69. The third kappa shape index (κ3) is 4.55. The van der Waals surface area contributed by atoms with E-state index >= 15 is 0 Å². The van der Waals surface area contributed by atoms with Crippen molar-refractivity contribution in [3.63, 3.8) is 0 Å². The standard InChI is InChI=1S/C10H16O4S/c1-14-9(13)2-5-15-7-10(3-4-10)6-8(11)12/h2-7H2,1H3,(H,11,12). The first-order valence-electron chi connectivity index (χ1n) is 4.94. The van der Waals surface area contributed by atoms with Gasteiger partial charge in [0.15, 0.2) is 0 Å². The van der Waals surface area contributed by atoms with E-state index in [1.54, 1.807) is 11.8 Å². The smallest absolute Gasteiger partial charge is 0.306 e. The first kappa shape index (κ1) is 12.4. The average molecular weight is 232 g/mol. The van der Waals surface area contributed by atoms with Gasteiger partial charge in [-0.2, -0.15) is 11.8 Å². The Labute approximate surface area is 93.4 Å². The van der Waals surface area contributed by atoms with Crippen LogP contribution in [0.2, 0.25) is 0 Å². The third-order valence-corrected chi connectivity index (χ3v) is 3.88. The summed E-state index contributed by atoms with van der Waals surface area (Å²) >= 11 is 1.64. The van der Waals surface area contributed by atoms with Crippen molar-refractivity contribution in [1.29, 1.82) is 0 Å². The van der Waals surface area contributed by atoms with Crippen LogP contribution in [0.25, 0.3) is 0 Å². The summed E-state index contributed by atoms with van der Waals surface area (Å²) in [7, 11) is 1.37. The van der Waals surface area contributed by atoms with Gasteiger partial charge in [0, 0.05) is 5.75 Å². The molecule has 1 fully saturated rings. The van der Waals surface area contributed by atoms with Gasteiger partial charge in [0.2, 0.25) is 0 Å². The zero-order valence-electron chi connectivity index (χ0n) is 8.82. The lowest BCUT2D eigenvalue weighted by atomic mass is 10.1. The van der Waals surface area contributed by atoms with Gasteiger partial charge in [-0.3, -0.25) is 9.59 Å². The van der Waals surface area contributed by atoms with Gasteiger partial charge in [-0.15, -0.1) is 0 Å². The molecule has 1 N–H and O–H groups in total. The Morgan fingerprint density at radius 3 is 2.60 bits per heavy atom. The molecule has 0 atom stereocenters. The van der Waals surface area contributed by atoms with E-state index in [1.165, 1.54) is 7.11 Å². The lowest BCUT2D eigenvalue weighted by Gasteiger charge is -2.10. The predicted molar refractivity (Wildman–Crippen MR) is 57.9 cm³/mol. The number of rotatable bonds is 7. The van der Waals surface area contributed by atoms with Gasteiger partial charge in [-0.1, -0.05) is 0 Å². The zero-order chi connectivity index (χ0) is 11.3. The molecule has 1 aliphatic carbocycles. The maximum Gasteiger partial charge on any atom is 0.306 e. The fourth-order valence-electron chi connectivity index (χ4n) is 1.42. The number of esters is 1. The zero-order valence-corrected chi connectivity index (χ0v) is 9.64. The SMILES string of the molecule is COC(=O)CCSCC1(CC(=O)O)CC1. The minimum Gasteiger partial charge on any atom is -0.481 e. The number of carboxylic acids is 1. The Hall–Kier alpha value is -0.710. The van der Waals surface area contributed by atoms with Crippen molar-refractivity contribution in [2.75, 3.05) is 18.6 Å². The van der Waals surface area contributed by atoms with E-state index < -0.39 is 5.97 Å². The van der Waals surface area contributed by atoms with Crippen LogP contribution >= 0.6 is 11.8 Å². The van der Waals surface area contributed by atoms with Crippen LogP contribution in [-0.4, -0.2) is 35.7 Å². The molecular weight excluding hydrogens is 216 g/mol. The van der Waals surface area contributed by atoms with Crippen LogP contribution in [-0.2, 0) is 14.3 Å². The molecule has 15 heavy (non-hydrogen) atoms. The van der Waals surface area contributed by atoms with Crippen molar-refractivity contribution in [3.8, 4) is 0 Å². The summed E-state index contributed by atoms with van der Waals surface area (Å²) in [4.78, 5) is 21.4. The molecule has 4 nitrogen and oxygen atoms in total. The molecule has 0 aromatic rings. The van der Waals surface area contributed by atoms with E-state index in [4.69, 9.17) is 5.11 Å². The highest BCUT2D eigenvalue weighted by Gasteiger charge is 2.43. The molecule has 0 radical (unpaired) electrons. The normalized spacial score (nSPS) is 17.1. The fourth-order valence-corrected chi connectivity index (χ4v) is 2.70. The molecule has 0 heterocycles. The molecule has 5 heteroatoms. The first-order chi connectivity index (χ1) is 7.08. The molecule has 0 spiro atoms. The van der Waals surface area contributed by atoms with Gasteiger partial charge in [0.05, 0.1) is 20.0 Å². The van der Waals surface area contributed by atoms with Gasteiger partial charge in [-0.25, -0.2) is 0 Å². The number of carbonyl (C=O) groups excluding carboxylic acids is 1. The third-order valence-electron chi connectivity index (χ3n) is 2.57. The Morgan fingerprint density at radius 1 is 1.47 bits per heavy atom. The van der Waals surface area contributed by atoms with Gasteiger partial charge in [-0.05, 0) is 24.0 Å². The number of aliphatic carboxylic acids is 1. The number of ether oxygens (including phenoxy) is 1. The van der Waals surface area contributed by atoms with Crippen molar-refractivity contribution >= 4 is 23.7 Å². The van der Waals surface area contributed by atoms with Crippen LogP contribution in [0.15, 0.2) is 0 Å². The lowest BCUT2D eigenvalue weighted by Crippen LogP contribution is -2.12.